The summed E-state index contributed by atoms with van der Waals surface area (Å²) in [5.41, 5.74) is 3.58. The van der Waals surface area contributed by atoms with Crippen LogP contribution in [-0.4, -0.2) is 27.3 Å². The Kier molecular flexibility index (Phi) is 4.52. The molecule has 0 bridgehead atoms. The fourth-order valence-electron chi connectivity index (χ4n) is 1.47. The van der Waals surface area contributed by atoms with Crippen molar-refractivity contribution < 1.29 is 4.79 Å². The Morgan fingerprint density at radius 1 is 1.40 bits per heavy atom. The van der Waals surface area contributed by atoms with Gasteiger partial charge in [-0.1, -0.05) is 23.9 Å². The Balaban J connectivity index is 2.09. The van der Waals surface area contributed by atoms with Crippen LogP contribution >= 0.6 is 11.8 Å². The first-order valence-electron chi connectivity index (χ1n) is 5.98. The van der Waals surface area contributed by atoms with E-state index in [1.165, 1.54) is 0 Å². The molecule has 0 aliphatic heterocycles. The number of para-hydroxylation sites is 1. The molecule has 7 heteroatoms. The van der Waals surface area contributed by atoms with E-state index in [-0.39, 0.29) is 17.2 Å². The lowest BCUT2D eigenvalue weighted by Gasteiger charge is -2.02. The van der Waals surface area contributed by atoms with Crippen LogP contribution in [0.3, 0.4) is 0 Å². The lowest BCUT2D eigenvalue weighted by Crippen LogP contribution is -2.21. The molecule has 0 radical (unpaired) electrons. The minimum atomic E-state index is -0.244. The van der Waals surface area contributed by atoms with Crippen molar-refractivity contribution in [3.8, 4) is 0 Å². The minimum Gasteiger partial charge on any atom is -0.301 e. The molecule has 0 aliphatic carbocycles. The number of nitrogens with zero attached hydrogens (tertiary/aromatic N) is 2. The van der Waals surface area contributed by atoms with E-state index in [2.05, 4.69) is 20.5 Å². The molecule has 0 unspecified atom stereocenters. The molecule has 0 saturated carbocycles. The Labute approximate surface area is 119 Å². The van der Waals surface area contributed by atoms with Crippen molar-refractivity contribution in [1.29, 1.82) is 0 Å². The molecule has 2 aromatic rings. The number of carbonyl (C=O) groups is 1. The number of benzene rings is 1. The quantitative estimate of drug-likeness (QED) is 0.387. The van der Waals surface area contributed by atoms with Crippen molar-refractivity contribution in [3.63, 3.8) is 0 Å². The Morgan fingerprint density at radius 3 is 2.90 bits per heavy atom. The van der Waals surface area contributed by atoms with Crippen LogP contribution in [0.15, 0.2) is 39.3 Å². The fourth-order valence-corrected chi connectivity index (χ4v) is 2.13. The molecule has 1 amide bonds. The van der Waals surface area contributed by atoms with Crippen LogP contribution in [0.5, 0.6) is 0 Å². The van der Waals surface area contributed by atoms with Crippen molar-refractivity contribution in [3.05, 3.63) is 34.6 Å². The van der Waals surface area contributed by atoms with E-state index >= 15 is 0 Å². The molecule has 1 heterocycles. The van der Waals surface area contributed by atoms with Gasteiger partial charge in [-0.3, -0.25) is 9.59 Å². The molecule has 20 heavy (non-hydrogen) atoms. The van der Waals surface area contributed by atoms with Gasteiger partial charge in [0.1, 0.15) is 0 Å². The predicted molar refractivity (Wildman–Crippen MR) is 80.0 cm³/mol. The Bertz CT molecular complexity index is 720. The number of hydrazone groups is 1. The monoisotopic (exact) mass is 290 g/mol. The smallest absolute Gasteiger partial charge is 0.259 e. The molecule has 0 fully saturated rings. The number of rotatable bonds is 4. The van der Waals surface area contributed by atoms with E-state index in [0.717, 1.165) is 17.5 Å². The third kappa shape index (κ3) is 3.67. The van der Waals surface area contributed by atoms with Crippen molar-refractivity contribution >= 4 is 34.3 Å². The molecule has 2 N–H and O–H groups in total. The summed E-state index contributed by atoms with van der Waals surface area (Å²) in [6.45, 7) is 3.57. The standard InChI is InChI=1S/C13H14N4O2S/c1-8(2)16-17-11(18)7-20-13-14-10-6-4-3-5-9(10)12(19)15-13/h3-6H,7H2,1-2H3,(H,17,18)(H,14,15,19). The third-order valence-electron chi connectivity index (χ3n) is 2.34. The average molecular weight is 290 g/mol. The number of hydrogen-bond acceptors (Lipinski definition) is 5. The zero-order chi connectivity index (χ0) is 14.5. The van der Waals surface area contributed by atoms with E-state index in [1.54, 1.807) is 32.0 Å². The number of nitrogens with one attached hydrogen (secondary N) is 2. The van der Waals surface area contributed by atoms with Crippen LogP contribution in [-0.2, 0) is 4.79 Å². The Hall–Kier alpha value is -2.15. The number of fused-ring (bicyclic) bond motifs is 1. The van der Waals surface area contributed by atoms with Crippen LogP contribution in [0.1, 0.15) is 13.8 Å². The number of aromatic amines is 1. The summed E-state index contributed by atoms with van der Waals surface area (Å²) >= 11 is 1.16. The van der Waals surface area contributed by atoms with E-state index in [9.17, 15) is 9.59 Å². The molecule has 0 saturated heterocycles. The second-order valence-corrected chi connectivity index (χ2v) is 5.23. The summed E-state index contributed by atoms with van der Waals surface area (Å²) in [7, 11) is 0. The van der Waals surface area contributed by atoms with Crippen LogP contribution in [0.2, 0.25) is 0 Å². The van der Waals surface area contributed by atoms with Crippen LogP contribution in [0.4, 0.5) is 0 Å². The van der Waals surface area contributed by atoms with Crippen molar-refractivity contribution in [2.45, 2.75) is 19.0 Å². The first-order chi connectivity index (χ1) is 9.56. The van der Waals surface area contributed by atoms with Crippen molar-refractivity contribution in [2.24, 2.45) is 5.10 Å². The number of amides is 1. The fraction of sp³-hybridized carbons (Fsp3) is 0.231. The van der Waals surface area contributed by atoms with Gasteiger partial charge in [0.2, 0.25) is 0 Å². The highest BCUT2D eigenvalue weighted by atomic mass is 32.2. The molecule has 0 aliphatic rings. The first kappa shape index (κ1) is 14.3. The highest BCUT2D eigenvalue weighted by molar-refractivity contribution is 7.99. The highest BCUT2D eigenvalue weighted by Gasteiger charge is 2.06. The number of H-pyrrole nitrogens is 1. The van der Waals surface area contributed by atoms with Gasteiger partial charge in [-0.15, -0.1) is 0 Å². The second kappa shape index (κ2) is 6.33. The largest absolute Gasteiger partial charge is 0.301 e. The van der Waals surface area contributed by atoms with E-state index in [4.69, 9.17) is 0 Å². The maximum atomic E-state index is 11.8. The maximum absolute atomic E-state index is 11.8. The molecular weight excluding hydrogens is 276 g/mol. The summed E-state index contributed by atoms with van der Waals surface area (Å²) < 4.78 is 0. The molecule has 1 aromatic heterocycles. The average Bonchev–Trinajstić information content (AvgIpc) is 2.43. The van der Waals surface area contributed by atoms with Gasteiger partial charge in [-0.25, -0.2) is 10.4 Å². The normalized spacial score (nSPS) is 10.3. The van der Waals surface area contributed by atoms with Crippen LogP contribution in [0, 0.1) is 0 Å². The lowest BCUT2D eigenvalue weighted by molar-refractivity contribution is -0.118. The van der Waals surface area contributed by atoms with Gasteiger partial charge in [-0.05, 0) is 26.0 Å². The van der Waals surface area contributed by atoms with Gasteiger partial charge in [0, 0.05) is 5.71 Å². The number of aromatic nitrogens is 2. The first-order valence-corrected chi connectivity index (χ1v) is 6.96. The van der Waals surface area contributed by atoms with Crippen molar-refractivity contribution in [2.75, 3.05) is 5.75 Å². The summed E-state index contributed by atoms with van der Waals surface area (Å²) in [5.74, 6) is -0.107. The van der Waals surface area contributed by atoms with Crippen molar-refractivity contribution in [1.82, 2.24) is 15.4 Å². The summed E-state index contributed by atoms with van der Waals surface area (Å²) in [6.07, 6.45) is 0. The SMILES string of the molecule is CC(C)=NNC(=O)CSc1nc2ccccc2c(=O)[nH]1. The van der Waals surface area contributed by atoms with E-state index < -0.39 is 0 Å². The molecule has 6 nitrogen and oxygen atoms in total. The van der Waals surface area contributed by atoms with Gasteiger partial charge in [0.15, 0.2) is 5.16 Å². The maximum Gasteiger partial charge on any atom is 0.259 e. The van der Waals surface area contributed by atoms with Gasteiger partial charge < -0.3 is 4.98 Å². The van der Waals surface area contributed by atoms with Gasteiger partial charge in [-0.2, -0.15) is 5.10 Å². The second-order valence-electron chi connectivity index (χ2n) is 4.27. The molecule has 1 aromatic carbocycles. The van der Waals surface area contributed by atoms with Crippen LogP contribution < -0.4 is 11.0 Å². The Morgan fingerprint density at radius 2 is 2.15 bits per heavy atom. The third-order valence-corrected chi connectivity index (χ3v) is 3.21. The molecular formula is C13H14N4O2S. The molecule has 2 rings (SSSR count). The zero-order valence-corrected chi connectivity index (χ0v) is 12.0. The molecule has 0 atom stereocenters. The lowest BCUT2D eigenvalue weighted by atomic mass is 10.2. The number of thioether (sulfide) groups is 1. The van der Waals surface area contributed by atoms with E-state index in [0.29, 0.717) is 16.1 Å². The highest BCUT2D eigenvalue weighted by Crippen LogP contribution is 2.14. The minimum absolute atomic E-state index is 0.137. The summed E-state index contributed by atoms with van der Waals surface area (Å²) in [5, 5.41) is 4.77. The molecule has 104 valence electrons. The van der Waals surface area contributed by atoms with Gasteiger partial charge in [0.25, 0.3) is 11.5 Å². The predicted octanol–water partition coefficient (Wildman–Crippen LogP) is 1.53. The summed E-state index contributed by atoms with van der Waals surface area (Å²) in [6, 6.07) is 7.07. The molecule has 0 spiro atoms. The van der Waals surface area contributed by atoms with Gasteiger partial charge >= 0.3 is 0 Å². The summed E-state index contributed by atoms with van der Waals surface area (Å²) in [4.78, 5) is 30.3. The van der Waals surface area contributed by atoms with Crippen LogP contribution in [0.25, 0.3) is 10.9 Å². The van der Waals surface area contributed by atoms with E-state index in [1.807, 2.05) is 6.07 Å². The number of carbonyl (C=O) groups excluding carboxylic acids is 1. The van der Waals surface area contributed by atoms with Gasteiger partial charge in [0.05, 0.1) is 16.7 Å². The topological polar surface area (TPSA) is 87.2 Å². The number of hydrogen-bond donors (Lipinski definition) is 2. The zero-order valence-electron chi connectivity index (χ0n) is 11.1.